The molecule has 0 spiro atoms. The van der Waals surface area contributed by atoms with Crippen molar-refractivity contribution in [2.24, 2.45) is 0 Å². The van der Waals surface area contributed by atoms with Crippen LogP contribution < -0.4 is 0 Å². The number of rotatable bonds is 2. The SMILES string of the molecule is [CH2-]CCC[CH2-].[NH2-].[Rh+3]. The van der Waals surface area contributed by atoms with E-state index in [9.17, 15) is 0 Å². The predicted octanol–water partition coefficient (Wildman–Crippen LogP) is 2.54. The summed E-state index contributed by atoms with van der Waals surface area (Å²) < 4.78 is 0. The smallest absolute Gasteiger partial charge is 0.693 e. The minimum absolute atomic E-state index is 0. The molecule has 1 nitrogen and oxygen atoms in total. The first-order chi connectivity index (χ1) is 2.41. The molecule has 46 valence electrons. The van der Waals surface area contributed by atoms with Crippen molar-refractivity contribution in [3.63, 3.8) is 0 Å². The first-order valence-electron chi connectivity index (χ1n) is 2.00. The summed E-state index contributed by atoms with van der Waals surface area (Å²) in [5.41, 5.74) is 0. The standard InChI is InChI=1S/C5H10.H2N.Rh/c1-3-5-4-2;;/h1-5H2;1H2;/q-2;-1;+3. The summed E-state index contributed by atoms with van der Waals surface area (Å²) in [7, 11) is 0. The topological polar surface area (TPSA) is 33.5 Å². The maximum absolute atomic E-state index is 3.64. The van der Waals surface area contributed by atoms with Gasteiger partial charge in [0.05, 0.1) is 0 Å². The molecule has 0 aliphatic rings. The number of hydrogen-bond donors (Lipinski definition) is 0. The van der Waals surface area contributed by atoms with E-state index in [4.69, 9.17) is 0 Å². The van der Waals surface area contributed by atoms with Crippen LogP contribution in [0.1, 0.15) is 19.3 Å². The summed E-state index contributed by atoms with van der Waals surface area (Å²) in [6.45, 7) is 7.27. The van der Waals surface area contributed by atoms with Crippen molar-refractivity contribution in [3.8, 4) is 0 Å². The molecular formula is C5H12NRh. The predicted molar refractivity (Wildman–Crippen MR) is 29.8 cm³/mol. The van der Waals surface area contributed by atoms with E-state index in [1.807, 2.05) is 0 Å². The Morgan fingerprint density at radius 3 is 1.29 bits per heavy atom. The van der Waals surface area contributed by atoms with E-state index in [1.54, 1.807) is 0 Å². The van der Waals surface area contributed by atoms with Gasteiger partial charge in [-0.05, 0) is 0 Å². The van der Waals surface area contributed by atoms with E-state index in [0.29, 0.717) is 0 Å². The molecule has 0 rings (SSSR count). The molecule has 0 aliphatic carbocycles. The van der Waals surface area contributed by atoms with Crippen molar-refractivity contribution < 1.29 is 19.5 Å². The minimum Gasteiger partial charge on any atom is -0.693 e. The Bertz CT molecular complexity index is 15.6. The Morgan fingerprint density at radius 1 is 1.00 bits per heavy atom. The summed E-state index contributed by atoms with van der Waals surface area (Å²) in [6.07, 6.45) is 3.23. The number of unbranched alkanes of at least 4 members (excludes halogenated alkanes) is 2. The maximum atomic E-state index is 3.64. The average Bonchev–Trinajstić information content (AvgIpc) is 1.41. The van der Waals surface area contributed by atoms with Gasteiger partial charge in [0, 0.05) is 0 Å². The zero-order valence-corrected chi connectivity index (χ0v) is 6.08. The molecule has 0 fully saturated rings. The Morgan fingerprint density at radius 2 is 1.29 bits per heavy atom. The molecule has 0 aromatic carbocycles. The van der Waals surface area contributed by atoms with Gasteiger partial charge in [-0.2, -0.15) is 12.8 Å². The van der Waals surface area contributed by atoms with Crippen molar-refractivity contribution in [2.75, 3.05) is 0 Å². The van der Waals surface area contributed by atoms with Gasteiger partial charge in [0.15, 0.2) is 0 Å². The van der Waals surface area contributed by atoms with Crippen LogP contribution in [-0.4, -0.2) is 0 Å². The van der Waals surface area contributed by atoms with Gasteiger partial charge in [-0.3, -0.25) is 0 Å². The van der Waals surface area contributed by atoms with Gasteiger partial charge >= 0.3 is 19.5 Å². The Labute approximate surface area is 59.2 Å². The first-order valence-corrected chi connectivity index (χ1v) is 2.00. The zero-order valence-electron chi connectivity index (χ0n) is 4.45. The van der Waals surface area contributed by atoms with Crippen LogP contribution in [0, 0.1) is 13.8 Å². The molecule has 0 aromatic heterocycles. The van der Waals surface area contributed by atoms with E-state index in [2.05, 4.69) is 13.8 Å². The third kappa shape index (κ3) is 20.7. The second-order valence-electron chi connectivity index (χ2n) is 1.06. The van der Waals surface area contributed by atoms with Crippen molar-refractivity contribution >= 4 is 0 Å². The summed E-state index contributed by atoms with van der Waals surface area (Å²) >= 11 is 0. The largest absolute Gasteiger partial charge is 3.00 e. The van der Waals surface area contributed by atoms with Crippen molar-refractivity contribution in [2.45, 2.75) is 19.3 Å². The maximum Gasteiger partial charge on any atom is 3.00 e. The monoisotopic (exact) mass is 189 g/mol. The molecule has 0 heterocycles. The molecule has 0 amide bonds. The Balaban J connectivity index is -0.0000000800. The van der Waals surface area contributed by atoms with Crippen LogP contribution in [0.2, 0.25) is 0 Å². The Hall–Kier alpha value is 0.583. The van der Waals surface area contributed by atoms with Gasteiger partial charge in [-0.1, -0.05) is 0 Å². The molecular weight excluding hydrogens is 177 g/mol. The second kappa shape index (κ2) is 16.0. The van der Waals surface area contributed by atoms with Gasteiger partial charge < -0.3 is 20.0 Å². The number of nitrogens with two attached hydrogens (primary N) is 1. The van der Waals surface area contributed by atoms with Crippen molar-refractivity contribution in [1.29, 1.82) is 0 Å². The molecule has 0 aliphatic heterocycles. The van der Waals surface area contributed by atoms with Gasteiger partial charge in [-0.15, -0.1) is 6.42 Å². The molecule has 2 heteroatoms. The molecule has 0 saturated heterocycles. The first kappa shape index (κ1) is 15.6. The average molecular weight is 189 g/mol. The molecule has 0 saturated carbocycles. The van der Waals surface area contributed by atoms with Gasteiger partial charge in [-0.25, -0.2) is 0 Å². The molecule has 0 radical (unpaired) electrons. The fraction of sp³-hybridized carbons (Fsp3) is 0.600. The fourth-order valence-corrected chi connectivity index (χ4v) is 0.177. The molecule has 0 aromatic rings. The van der Waals surface area contributed by atoms with E-state index in [-0.39, 0.29) is 25.6 Å². The summed E-state index contributed by atoms with van der Waals surface area (Å²) in [4.78, 5) is 0. The zero-order chi connectivity index (χ0) is 4.12. The Kier molecular flexibility index (Phi) is 35.7. The van der Waals surface area contributed by atoms with Gasteiger partial charge in [0.2, 0.25) is 0 Å². The van der Waals surface area contributed by atoms with Crippen molar-refractivity contribution in [3.05, 3.63) is 20.0 Å². The summed E-state index contributed by atoms with van der Waals surface area (Å²) in [5.74, 6) is 0. The molecule has 0 unspecified atom stereocenters. The van der Waals surface area contributed by atoms with Crippen LogP contribution in [0.5, 0.6) is 0 Å². The molecule has 2 N–H and O–H groups in total. The second-order valence-corrected chi connectivity index (χ2v) is 1.06. The van der Waals surface area contributed by atoms with Crippen LogP contribution in [0.4, 0.5) is 0 Å². The third-order valence-corrected chi connectivity index (χ3v) is 0.500. The van der Waals surface area contributed by atoms with E-state index in [0.717, 1.165) is 12.8 Å². The molecule has 0 bridgehead atoms. The number of hydrogen-bond acceptors (Lipinski definition) is 0. The van der Waals surface area contributed by atoms with Crippen LogP contribution >= 0.6 is 0 Å². The van der Waals surface area contributed by atoms with E-state index in [1.165, 1.54) is 6.42 Å². The fourth-order valence-electron chi connectivity index (χ4n) is 0.177. The summed E-state index contributed by atoms with van der Waals surface area (Å²) in [6, 6.07) is 0. The van der Waals surface area contributed by atoms with Crippen molar-refractivity contribution in [1.82, 2.24) is 0 Å². The third-order valence-electron chi connectivity index (χ3n) is 0.500. The molecule has 7 heavy (non-hydrogen) atoms. The van der Waals surface area contributed by atoms with E-state index >= 15 is 0 Å². The quantitative estimate of drug-likeness (QED) is 0.472. The summed E-state index contributed by atoms with van der Waals surface area (Å²) in [5, 5.41) is 0. The molecule has 0 atom stereocenters. The minimum atomic E-state index is 0. The van der Waals surface area contributed by atoms with Crippen LogP contribution in [-0.2, 0) is 19.5 Å². The van der Waals surface area contributed by atoms with Gasteiger partial charge in [0.25, 0.3) is 0 Å². The van der Waals surface area contributed by atoms with Crippen LogP contribution in [0.15, 0.2) is 0 Å². The van der Waals surface area contributed by atoms with Crippen LogP contribution in [0.3, 0.4) is 0 Å². The normalized spacial score (nSPS) is 6.00. The van der Waals surface area contributed by atoms with Crippen LogP contribution in [0.25, 0.3) is 6.15 Å². The van der Waals surface area contributed by atoms with Gasteiger partial charge in [0.1, 0.15) is 0 Å². The van der Waals surface area contributed by atoms with E-state index < -0.39 is 0 Å².